The van der Waals surface area contributed by atoms with Crippen LogP contribution < -0.4 is 0 Å². The van der Waals surface area contributed by atoms with Crippen molar-refractivity contribution < 1.29 is 15.0 Å². The van der Waals surface area contributed by atoms with Crippen LogP contribution in [0.2, 0.25) is 0 Å². The highest BCUT2D eigenvalue weighted by Crippen LogP contribution is 2.49. The van der Waals surface area contributed by atoms with Gasteiger partial charge < -0.3 is 10.2 Å². The maximum Gasteiger partial charge on any atom is 0.319 e. The second kappa shape index (κ2) is 3.74. The number of carbonyl (C=O) groups is 1. The standard InChI is InChI=1S/C10H16O3S/c11-7-5-10(6-7,9(12)13)14-8-3-1-2-4-8/h7-8,11H,1-6H2,(H,12,13). The van der Waals surface area contributed by atoms with Crippen LogP contribution in [0.15, 0.2) is 0 Å². The predicted molar refractivity (Wildman–Crippen MR) is 55.5 cm³/mol. The zero-order valence-electron chi connectivity index (χ0n) is 8.11. The van der Waals surface area contributed by atoms with E-state index in [2.05, 4.69) is 0 Å². The van der Waals surface area contributed by atoms with Gasteiger partial charge in [0.1, 0.15) is 4.75 Å². The first kappa shape index (κ1) is 10.3. The maximum atomic E-state index is 11.1. The third-order valence-electron chi connectivity index (χ3n) is 3.21. The van der Waals surface area contributed by atoms with Gasteiger partial charge in [-0.15, -0.1) is 11.8 Å². The average molecular weight is 216 g/mol. The van der Waals surface area contributed by atoms with E-state index < -0.39 is 10.7 Å². The van der Waals surface area contributed by atoms with E-state index in [4.69, 9.17) is 5.11 Å². The van der Waals surface area contributed by atoms with Gasteiger partial charge in [-0.25, -0.2) is 0 Å². The zero-order valence-corrected chi connectivity index (χ0v) is 8.92. The van der Waals surface area contributed by atoms with Crippen molar-refractivity contribution in [2.24, 2.45) is 0 Å². The molecule has 0 bridgehead atoms. The molecule has 0 amide bonds. The second-order valence-electron chi connectivity index (χ2n) is 4.39. The lowest BCUT2D eigenvalue weighted by Crippen LogP contribution is -2.51. The minimum atomic E-state index is -0.736. The minimum absolute atomic E-state index is 0.389. The van der Waals surface area contributed by atoms with Crippen LogP contribution in [0, 0.1) is 0 Å². The minimum Gasteiger partial charge on any atom is -0.480 e. The van der Waals surface area contributed by atoms with Gasteiger partial charge in [0, 0.05) is 5.25 Å². The van der Waals surface area contributed by atoms with Crippen LogP contribution in [0.25, 0.3) is 0 Å². The molecule has 14 heavy (non-hydrogen) atoms. The number of thioether (sulfide) groups is 1. The molecule has 0 radical (unpaired) electrons. The maximum absolute atomic E-state index is 11.1. The second-order valence-corrected chi connectivity index (χ2v) is 6.07. The summed E-state index contributed by atoms with van der Waals surface area (Å²) >= 11 is 1.59. The first-order chi connectivity index (χ1) is 6.62. The summed E-state index contributed by atoms with van der Waals surface area (Å²) < 4.78 is -0.658. The Morgan fingerprint density at radius 2 is 1.86 bits per heavy atom. The topological polar surface area (TPSA) is 57.5 Å². The summed E-state index contributed by atoms with van der Waals surface area (Å²) in [4.78, 5) is 11.1. The van der Waals surface area contributed by atoms with E-state index in [1.165, 1.54) is 12.8 Å². The first-order valence-corrected chi connectivity index (χ1v) is 6.10. The lowest BCUT2D eigenvalue weighted by atomic mass is 9.81. The van der Waals surface area contributed by atoms with E-state index in [0.717, 1.165) is 12.8 Å². The van der Waals surface area contributed by atoms with Crippen molar-refractivity contribution in [3.63, 3.8) is 0 Å². The number of hydrogen-bond donors (Lipinski definition) is 2. The van der Waals surface area contributed by atoms with Crippen molar-refractivity contribution in [2.45, 2.75) is 54.6 Å². The molecule has 0 heterocycles. The summed E-state index contributed by atoms with van der Waals surface area (Å²) in [7, 11) is 0. The van der Waals surface area contributed by atoms with Crippen molar-refractivity contribution in [2.75, 3.05) is 0 Å². The van der Waals surface area contributed by atoms with Gasteiger partial charge in [-0.1, -0.05) is 12.8 Å². The average Bonchev–Trinajstić information content (AvgIpc) is 2.53. The molecule has 0 aromatic rings. The van der Waals surface area contributed by atoms with E-state index in [1.807, 2.05) is 0 Å². The Labute approximate surface area is 87.9 Å². The van der Waals surface area contributed by atoms with E-state index in [1.54, 1.807) is 11.8 Å². The fourth-order valence-corrected chi connectivity index (χ4v) is 4.23. The molecular weight excluding hydrogens is 200 g/mol. The molecule has 3 nitrogen and oxygen atoms in total. The third kappa shape index (κ3) is 1.77. The van der Waals surface area contributed by atoms with Gasteiger partial charge in [0.2, 0.25) is 0 Å². The van der Waals surface area contributed by atoms with Crippen molar-refractivity contribution >= 4 is 17.7 Å². The molecule has 0 aliphatic heterocycles. The molecule has 0 aromatic carbocycles. The smallest absolute Gasteiger partial charge is 0.319 e. The Bertz CT molecular complexity index is 230. The van der Waals surface area contributed by atoms with Crippen LogP contribution in [0.1, 0.15) is 38.5 Å². The molecule has 0 spiro atoms. The van der Waals surface area contributed by atoms with Crippen molar-refractivity contribution in [1.29, 1.82) is 0 Å². The van der Waals surface area contributed by atoms with E-state index in [9.17, 15) is 9.90 Å². The fraction of sp³-hybridized carbons (Fsp3) is 0.900. The molecule has 0 atom stereocenters. The molecule has 2 saturated carbocycles. The molecule has 2 fully saturated rings. The largest absolute Gasteiger partial charge is 0.480 e. The molecule has 4 heteroatoms. The summed E-state index contributed by atoms with van der Waals surface area (Å²) in [5.74, 6) is -0.736. The summed E-state index contributed by atoms with van der Waals surface area (Å²) in [6.45, 7) is 0. The van der Waals surface area contributed by atoms with Crippen molar-refractivity contribution in [3.05, 3.63) is 0 Å². The molecule has 2 rings (SSSR count). The lowest BCUT2D eigenvalue weighted by Gasteiger charge is -2.42. The molecule has 2 aliphatic carbocycles. The zero-order chi connectivity index (χ0) is 10.2. The summed E-state index contributed by atoms with van der Waals surface area (Å²) in [5.41, 5.74) is 0. The molecule has 0 saturated heterocycles. The molecule has 2 aliphatic rings. The van der Waals surface area contributed by atoms with Crippen LogP contribution in [0.4, 0.5) is 0 Å². The first-order valence-electron chi connectivity index (χ1n) is 5.22. The molecule has 0 unspecified atom stereocenters. The van der Waals surface area contributed by atoms with Gasteiger partial charge in [0.25, 0.3) is 0 Å². The number of carboxylic acid groups (broad SMARTS) is 1. The summed E-state index contributed by atoms with van der Waals surface area (Å²) in [5, 5.41) is 18.9. The van der Waals surface area contributed by atoms with Crippen LogP contribution in [-0.2, 0) is 4.79 Å². The van der Waals surface area contributed by atoms with Gasteiger partial charge in [0.05, 0.1) is 6.10 Å². The quantitative estimate of drug-likeness (QED) is 0.753. The number of aliphatic hydroxyl groups is 1. The number of carboxylic acids is 1. The predicted octanol–water partition coefficient (Wildman–Crippen LogP) is 1.64. The Morgan fingerprint density at radius 1 is 1.29 bits per heavy atom. The highest BCUT2D eigenvalue weighted by Gasteiger charge is 2.51. The monoisotopic (exact) mass is 216 g/mol. The van der Waals surface area contributed by atoms with E-state index in [0.29, 0.717) is 18.1 Å². The van der Waals surface area contributed by atoms with E-state index >= 15 is 0 Å². The van der Waals surface area contributed by atoms with Crippen LogP contribution >= 0.6 is 11.8 Å². The highest BCUT2D eigenvalue weighted by molar-refractivity contribution is 8.02. The van der Waals surface area contributed by atoms with Crippen LogP contribution in [0.3, 0.4) is 0 Å². The Morgan fingerprint density at radius 3 is 2.29 bits per heavy atom. The highest BCUT2D eigenvalue weighted by atomic mass is 32.2. The van der Waals surface area contributed by atoms with Gasteiger partial charge in [0.15, 0.2) is 0 Å². The van der Waals surface area contributed by atoms with Crippen molar-refractivity contribution in [3.8, 4) is 0 Å². The van der Waals surface area contributed by atoms with Crippen LogP contribution in [0.5, 0.6) is 0 Å². The Kier molecular flexibility index (Phi) is 2.75. The SMILES string of the molecule is O=C(O)C1(SC2CCCC2)CC(O)C1. The number of aliphatic hydroxyl groups excluding tert-OH is 1. The van der Waals surface area contributed by atoms with Gasteiger partial charge in [-0.3, -0.25) is 4.79 Å². The number of rotatable bonds is 3. The molecule has 0 aromatic heterocycles. The Balaban J connectivity index is 1.95. The van der Waals surface area contributed by atoms with Crippen LogP contribution in [-0.4, -0.2) is 32.3 Å². The molecular formula is C10H16O3S. The molecule has 2 N–H and O–H groups in total. The van der Waals surface area contributed by atoms with Gasteiger partial charge >= 0.3 is 5.97 Å². The van der Waals surface area contributed by atoms with E-state index in [-0.39, 0.29) is 6.10 Å². The fourth-order valence-electron chi connectivity index (χ4n) is 2.35. The van der Waals surface area contributed by atoms with Crippen molar-refractivity contribution in [1.82, 2.24) is 0 Å². The normalized spacial score (nSPS) is 38.2. The Hall–Kier alpha value is -0.220. The summed E-state index contributed by atoms with van der Waals surface area (Å²) in [6.07, 6.45) is 5.24. The number of hydrogen-bond acceptors (Lipinski definition) is 3. The van der Waals surface area contributed by atoms with Gasteiger partial charge in [-0.2, -0.15) is 0 Å². The number of aliphatic carboxylic acids is 1. The van der Waals surface area contributed by atoms with Gasteiger partial charge in [-0.05, 0) is 25.7 Å². The third-order valence-corrected chi connectivity index (χ3v) is 4.98. The lowest BCUT2D eigenvalue weighted by molar-refractivity contribution is -0.145. The molecule has 80 valence electrons. The summed E-state index contributed by atoms with van der Waals surface area (Å²) in [6, 6.07) is 0.